The topological polar surface area (TPSA) is 45.6 Å². The zero-order valence-corrected chi connectivity index (χ0v) is 14.5. The highest BCUT2D eigenvalue weighted by Crippen LogP contribution is 2.18. The van der Waals surface area contributed by atoms with Gasteiger partial charge in [-0.05, 0) is 43.7 Å². The molecule has 1 aromatic heterocycles. The predicted octanol–water partition coefficient (Wildman–Crippen LogP) is 3.46. The molecule has 23 heavy (non-hydrogen) atoms. The number of rotatable bonds is 6. The number of aryl methyl sites for hydroxylation is 1. The van der Waals surface area contributed by atoms with Crippen LogP contribution in [-0.4, -0.2) is 19.6 Å². The van der Waals surface area contributed by atoms with Gasteiger partial charge in [-0.2, -0.15) is 0 Å². The first kappa shape index (κ1) is 17.3. The average Bonchev–Trinajstić information content (AvgIpc) is 2.95. The van der Waals surface area contributed by atoms with E-state index in [2.05, 4.69) is 34.7 Å². The fraction of sp³-hybridized carbons (Fsp3) is 0.353. The SMILES string of the molecule is CCOc1ccc(CNC(=NC)NCc2ccc(C)s2)cc1F. The molecule has 0 unspecified atom stereocenters. The van der Waals surface area contributed by atoms with E-state index in [0.29, 0.717) is 19.1 Å². The van der Waals surface area contributed by atoms with Crippen molar-refractivity contribution in [1.29, 1.82) is 0 Å². The molecule has 0 radical (unpaired) electrons. The van der Waals surface area contributed by atoms with Crippen LogP contribution in [0.3, 0.4) is 0 Å². The highest BCUT2D eigenvalue weighted by atomic mass is 32.1. The molecule has 4 nitrogen and oxygen atoms in total. The zero-order chi connectivity index (χ0) is 16.7. The number of nitrogens with one attached hydrogen (secondary N) is 2. The number of aliphatic imine (C=N–C) groups is 1. The van der Waals surface area contributed by atoms with Crippen LogP contribution < -0.4 is 15.4 Å². The van der Waals surface area contributed by atoms with Crippen LogP contribution in [0.5, 0.6) is 5.75 Å². The summed E-state index contributed by atoms with van der Waals surface area (Å²) in [6.07, 6.45) is 0. The van der Waals surface area contributed by atoms with E-state index in [1.807, 2.05) is 13.0 Å². The normalized spacial score (nSPS) is 11.4. The van der Waals surface area contributed by atoms with Gasteiger partial charge >= 0.3 is 0 Å². The van der Waals surface area contributed by atoms with Crippen molar-refractivity contribution < 1.29 is 9.13 Å². The Labute approximate surface area is 140 Å². The molecule has 1 aromatic carbocycles. The molecule has 0 bridgehead atoms. The van der Waals surface area contributed by atoms with Crippen molar-refractivity contribution >= 4 is 17.3 Å². The van der Waals surface area contributed by atoms with Crippen LogP contribution in [0.25, 0.3) is 0 Å². The summed E-state index contributed by atoms with van der Waals surface area (Å²) in [6.45, 7) is 5.58. The first-order valence-electron chi connectivity index (χ1n) is 7.53. The van der Waals surface area contributed by atoms with Crippen LogP contribution in [0.15, 0.2) is 35.3 Å². The fourth-order valence-electron chi connectivity index (χ4n) is 2.08. The van der Waals surface area contributed by atoms with Crippen molar-refractivity contribution in [2.45, 2.75) is 26.9 Å². The molecule has 2 rings (SSSR count). The molecule has 0 saturated heterocycles. The van der Waals surface area contributed by atoms with Gasteiger partial charge in [0.1, 0.15) is 0 Å². The summed E-state index contributed by atoms with van der Waals surface area (Å²) < 4.78 is 19.0. The lowest BCUT2D eigenvalue weighted by atomic mass is 10.2. The van der Waals surface area contributed by atoms with E-state index in [9.17, 15) is 4.39 Å². The van der Waals surface area contributed by atoms with Crippen LogP contribution in [0.2, 0.25) is 0 Å². The van der Waals surface area contributed by atoms with Gasteiger partial charge in [-0.1, -0.05) is 6.07 Å². The smallest absolute Gasteiger partial charge is 0.191 e. The molecule has 2 N–H and O–H groups in total. The third kappa shape index (κ3) is 5.25. The number of ether oxygens (including phenoxy) is 1. The Morgan fingerprint density at radius 1 is 1.22 bits per heavy atom. The van der Waals surface area contributed by atoms with E-state index in [4.69, 9.17) is 4.74 Å². The second kappa shape index (κ2) is 8.53. The number of guanidine groups is 1. The maximum atomic E-state index is 13.8. The number of thiophene rings is 1. The van der Waals surface area contributed by atoms with Crippen LogP contribution in [-0.2, 0) is 13.1 Å². The van der Waals surface area contributed by atoms with Crippen LogP contribution in [0.1, 0.15) is 22.2 Å². The van der Waals surface area contributed by atoms with Gasteiger partial charge in [0.05, 0.1) is 13.2 Å². The average molecular weight is 335 g/mol. The Morgan fingerprint density at radius 3 is 2.61 bits per heavy atom. The fourth-order valence-corrected chi connectivity index (χ4v) is 2.91. The summed E-state index contributed by atoms with van der Waals surface area (Å²) in [7, 11) is 1.72. The summed E-state index contributed by atoms with van der Waals surface area (Å²) in [5.74, 6) is 0.625. The highest BCUT2D eigenvalue weighted by Gasteiger charge is 2.05. The second-order valence-corrected chi connectivity index (χ2v) is 6.36. The van der Waals surface area contributed by atoms with E-state index in [-0.39, 0.29) is 11.6 Å². The van der Waals surface area contributed by atoms with Gasteiger partial charge in [0.25, 0.3) is 0 Å². The molecule has 0 aliphatic heterocycles. The summed E-state index contributed by atoms with van der Waals surface area (Å²) in [6, 6.07) is 9.17. The lowest BCUT2D eigenvalue weighted by molar-refractivity contribution is 0.321. The number of benzene rings is 1. The van der Waals surface area contributed by atoms with Gasteiger partial charge in [-0.25, -0.2) is 4.39 Å². The molecule has 6 heteroatoms. The van der Waals surface area contributed by atoms with Gasteiger partial charge in [0, 0.05) is 23.3 Å². The molecule has 0 spiro atoms. The Hall–Kier alpha value is -2.08. The lowest BCUT2D eigenvalue weighted by Crippen LogP contribution is -2.36. The van der Waals surface area contributed by atoms with E-state index in [1.54, 1.807) is 24.5 Å². The first-order valence-corrected chi connectivity index (χ1v) is 8.35. The minimum atomic E-state index is -0.344. The molecule has 124 valence electrons. The van der Waals surface area contributed by atoms with Crippen molar-refractivity contribution in [2.24, 2.45) is 4.99 Å². The molecular weight excluding hydrogens is 313 g/mol. The Bertz CT molecular complexity index is 670. The molecule has 0 aliphatic carbocycles. The number of nitrogens with zero attached hydrogens (tertiary/aromatic N) is 1. The van der Waals surface area contributed by atoms with Crippen molar-refractivity contribution in [3.63, 3.8) is 0 Å². The third-order valence-corrected chi connectivity index (χ3v) is 4.21. The molecule has 2 aromatic rings. The van der Waals surface area contributed by atoms with Crippen molar-refractivity contribution in [3.05, 3.63) is 51.5 Å². The quantitative estimate of drug-likeness (QED) is 0.628. The summed E-state index contributed by atoms with van der Waals surface area (Å²) in [5.41, 5.74) is 0.834. The maximum Gasteiger partial charge on any atom is 0.191 e. The van der Waals surface area contributed by atoms with Gasteiger partial charge in [0.2, 0.25) is 0 Å². The first-order chi connectivity index (χ1) is 11.1. The van der Waals surface area contributed by atoms with Gasteiger partial charge in [-0.3, -0.25) is 4.99 Å². The Balaban J connectivity index is 1.86. The minimum absolute atomic E-state index is 0.284. The summed E-state index contributed by atoms with van der Waals surface area (Å²) >= 11 is 1.75. The van der Waals surface area contributed by atoms with Crippen LogP contribution in [0.4, 0.5) is 4.39 Å². The number of hydrogen-bond donors (Lipinski definition) is 2. The highest BCUT2D eigenvalue weighted by molar-refractivity contribution is 7.11. The lowest BCUT2D eigenvalue weighted by Gasteiger charge is -2.12. The molecule has 0 saturated carbocycles. The molecule has 0 amide bonds. The standard InChI is InChI=1S/C17H22FN3OS/c1-4-22-16-8-6-13(9-15(16)18)10-20-17(19-3)21-11-14-7-5-12(2)23-14/h5-9H,4,10-11H2,1-3H3,(H2,19,20,21). The van der Waals surface area contributed by atoms with E-state index >= 15 is 0 Å². The number of hydrogen-bond acceptors (Lipinski definition) is 3. The molecule has 1 heterocycles. The Kier molecular flexibility index (Phi) is 6.40. The Morgan fingerprint density at radius 2 is 2.00 bits per heavy atom. The molecular formula is C17H22FN3OS. The molecule has 0 aliphatic rings. The van der Waals surface area contributed by atoms with Gasteiger partial charge in [-0.15, -0.1) is 11.3 Å². The van der Waals surface area contributed by atoms with Crippen molar-refractivity contribution in [2.75, 3.05) is 13.7 Å². The van der Waals surface area contributed by atoms with Crippen molar-refractivity contribution in [3.8, 4) is 5.75 Å². The van der Waals surface area contributed by atoms with Crippen molar-refractivity contribution in [1.82, 2.24) is 10.6 Å². The third-order valence-electron chi connectivity index (χ3n) is 3.21. The van der Waals surface area contributed by atoms with E-state index in [1.165, 1.54) is 15.8 Å². The van der Waals surface area contributed by atoms with E-state index < -0.39 is 0 Å². The second-order valence-electron chi connectivity index (χ2n) is 4.99. The number of halogens is 1. The van der Waals surface area contributed by atoms with Gasteiger partial charge < -0.3 is 15.4 Å². The molecule has 0 fully saturated rings. The van der Waals surface area contributed by atoms with Gasteiger partial charge in [0.15, 0.2) is 17.5 Å². The van der Waals surface area contributed by atoms with Crippen LogP contribution >= 0.6 is 11.3 Å². The maximum absolute atomic E-state index is 13.8. The summed E-state index contributed by atoms with van der Waals surface area (Å²) in [5, 5.41) is 6.42. The summed E-state index contributed by atoms with van der Waals surface area (Å²) in [4.78, 5) is 6.71. The van der Waals surface area contributed by atoms with Crippen LogP contribution in [0, 0.1) is 12.7 Å². The monoisotopic (exact) mass is 335 g/mol. The molecule has 0 atom stereocenters. The largest absolute Gasteiger partial charge is 0.491 e. The minimum Gasteiger partial charge on any atom is -0.491 e. The van der Waals surface area contributed by atoms with E-state index in [0.717, 1.165) is 12.1 Å². The predicted molar refractivity (Wildman–Crippen MR) is 93.7 cm³/mol. The zero-order valence-electron chi connectivity index (χ0n) is 13.6.